The third-order valence-electron chi connectivity index (χ3n) is 6.87. The Balaban J connectivity index is 0.00000341. The fraction of sp³-hybridized carbons (Fsp3) is 0.708. The molecule has 3 rings (SSSR count). The molecule has 2 N–H and O–H groups in total. The van der Waals surface area contributed by atoms with Gasteiger partial charge in [0, 0.05) is 44.3 Å². The number of benzene rings is 1. The Morgan fingerprint density at radius 2 is 1.74 bits per heavy atom. The lowest BCUT2D eigenvalue weighted by molar-refractivity contribution is 0.0513. The first-order valence-corrected chi connectivity index (χ1v) is 11.4. The second-order valence-electron chi connectivity index (χ2n) is 9.26. The largest absolute Gasteiger partial charge is 0.497 e. The monoisotopic (exact) mass is 544 g/mol. The molecular formula is C24H41IN4O2. The lowest BCUT2D eigenvalue weighted by Gasteiger charge is -2.41. The van der Waals surface area contributed by atoms with Crippen molar-refractivity contribution in [2.45, 2.75) is 56.9 Å². The number of ether oxygens (including phenoxy) is 2. The quantitative estimate of drug-likeness (QED) is 0.311. The Morgan fingerprint density at radius 3 is 2.32 bits per heavy atom. The molecule has 0 atom stereocenters. The van der Waals surface area contributed by atoms with E-state index in [1.807, 2.05) is 7.05 Å². The minimum Gasteiger partial charge on any atom is -0.497 e. The smallest absolute Gasteiger partial charge is 0.191 e. The van der Waals surface area contributed by atoms with Gasteiger partial charge in [0.05, 0.1) is 7.11 Å². The van der Waals surface area contributed by atoms with Crippen LogP contribution in [0.25, 0.3) is 0 Å². The number of nitrogens with one attached hydrogen (secondary N) is 2. The van der Waals surface area contributed by atoms with E-state index >= 15 is 0 Å². The van der Waals surface area contributed by atoms with Crippen molar-refractivity contribution in [2.75, 3.05) is 53.6 Å². The summed E-state index contributed by atoms with van der Waals surface area (Å²) in [7, 11) is 3.56. The molecule has 0 unspecified atom stereocenters. The van der Waals surface area contributed by atoms with Crippen LogP contribution in [0.3, 0.4) is 0 Å². The number of hydrogen-bond acceptors (Lipinski definition) is 4. The van der Waals surface area contributed by atoms with Gasteiger partial charge in [-0.25, -0.2) is 0 Å². The van der Waals surface area contributed by atoms with Crippen molar-refractivity contribution in [2.24, 2.45) is 4.99 Å². The molecule has 2 heterocycles. The molecule has 0 amide bonds. The highest BCUT2D eigenvalue weighted by Gasteiger charge is 2.35. The Morgan fingerprint density at radius 1 is 1.10 bits per heavy atom. The van der Waals surface area contributed by atoms with Crippen LogP contribution in [0.4, 0.5) is 0 Å². The third kappa shape index (κ3) is 6.96. The van der Waals surface area contributed by atoms with Crippen LogP contribution < -0.4 is 15.4 Å². The minimum atomic E-state index is 0. The molecule has 0 aliphatic carbocycles. The molecule has 0 saturated carbocycles. The Bertz CT molecular complexity index is 681. The van der Waals surface area contributed by atoms with E-state index in [9.17, 15) is 0 Å². The van der Waals surface area contributed by atoms with Crippen molar-refractivity contribution in [1.29, 1.82) is 0 Å². The van der Waals surface area contributed by atoms with Gasteiger partial charge in [-0.1, -0.05) is 18.6 Å². The molecule has 0 radical (unpaired) electrons. The summed E-state index contributed by atoms with van der Waals surface area (Å²) in [4.78, 5) is 7.10. The van der Waals surface area contributed by atoms with E-state index in [4.69, 9.17) is 9.47 Å². The highest BCUT2D eigenvalue weighted by Crippen LogP contribution is 2.35. The second kappa shape index (κ2) is 12.3. The zero-order chi connectivity index (χ0) is 21.5. The predicted octanol–water partition coefficient (Wildman–Crippen LogP) is 3.79. The van der Waals surface area contributed by atoms with Gasteiger partial charge in [0.25, 0.3) is 0 Å². The molecule has 2 aliphatic rings. The fourth-order valence-corrected chi connectivity index (χ4v) is 4.66. The average molecular weight is 545 g/mol. The third-order valence-corrected chi connectivity index (χ3v) is 6.87. The lowest BCUT2D eigenvalue weighted by atomic mass is 9.74. The molecule has 2 fully saturated rings. The van der Waals surface area contributed by atoms with Gasteiger partial charge in [0.2, 0.25) is 0 Å². The van der Waals surface area contributed by atoms with Crippen LogP contribution in [0.5, 0.6) is 5.75 Å². The average Bonchev–Trinajstić information content (AvgIpc) is 2.80. The van der Waals surface area contributed by atoms with Gasteiger partial charge in [0.1, 0.15) is 5.75 Å². The molecule has 2 aliphatic heterocycles. The first-order chi connectivity index (χ1) is 14.5. The number of likely N-dealkylation sites (tertiary alicyclic amines) is 1. The molecule has 176 valence electrons. The summed E-state index contributed by atoms with van der Waals surface area (Å²) in [5, 5.41) is 7.20. The van der Waals surface area contributed by atoms with Crippen molar-refractivity contribution in [3.05, 3.63) is 29.8 Å². The summed E-state index contributed by atoms with van der Waals surface area (Å²) in [6.45, 7) is 10.4. The number of methoxy groups -OCH3 is 1. The predicted molar refractivity (Wildman–Crippen MR) is 139 cm³/mol. The molecule has 0 spiro atoms. The summed E-state index contributed by atoms with van der Waals surface area (Å²) in [6.07, 6.45) is 5.98. The summed E-state index contributed by atoms with van der Waals surface area (Å²) in [5.74, 6) is 1.77. The van der Waals surface area contributed by atoms with Crippen molar-refractivity contribution in [3.8, 4) is 5.75 Å². The zero-order valence-electron chi connectivity index (χ0n) is 19.7. The fourth-order valence-electron chi connectivity index (χ4n) is 4.66. The van der Waals surface area contributed by atoms with Crippen LogP contribution in [0, 0.1) is 0 Å². The van der Waals surface area contributed by atoms with E-state index in [0.717, 1.165) is 50.9 Å². The highest BCUT2D eigenvalue weighted by molar-refractivity contribution is 14.0. The Labute approximate surface area is 205 Å². The maximum absolute atomic E-state index is 5.68. The van der Waals surface area contributed by atoms with E-state index in [0.29, 0.717) is 0 Å². The number of nitrogens with zero attached hydrogens (tertiary/aromatic N) is 2. The van der Waals surface area contributed by atoms with Crippen LogP contribution in [-0.4, -0.2) is 69.9 Å². The number of aliphatic imine (C=N–C) groups is 1. The minimum absolute atomic E-state index is 0. The van der Waals surface area contributed by atoms with Gasteiger partial charge in [-0.05, 0) is 70.3 Å². The Hall–Kier alpha value is -1.06. The van der Waals surface area contributed by atoms with Crippen LogP contribution in [0.2, 0.25) is 0 Å². The van der Waals surface area contributed by atoms with Crippen molar-refractivity contribution < 1.29 is 9.47 Å². The molecule has 1 aromatic rings. The van der Waals surface area contributed by atoms with E-state index in [1.165, 1.54) is 37.9 Å². The molecule has 2 saturated heterocycles. The molecule has 0 aromatic heterocycles. The standard InChI is InChI=1S/C24H40N4O2.HI/c1-23(2,28-14-6-5-7-15-28)18-26-22(25-3)27-19-24(12-16-30-17-13-24)20-8-10-21(29-4)11-9-20;/h8-11H,5-7,12-19H2,1-4H3,(H2,25,26,27);1H. The summed E-state index contributed by atoms with van der Waals surface area (Å²) < 4.78 is 11.0. The lowest BCUT2D eigenvalue weighted by Crippen LogP contribution is -2.56. The summed E-state index contributed by atoms with van der Waals surface area (Å²) >= 11 is 0. The SMILES string of the molecule is CN=C(NCC1(c2ccc(OC)cc2)CCOCC1)NCC(C)(C)N1CCCCC1.I. The van der Waals surface area contributed by atoms with Crippen LogP contribution in [-0.2, 0) is 10.2 Å². The van der Waals surface area contributed by atoms with Crippen molar-refractivity contribution in [1.82, 2.24) is 15.5 Å². The van der Waals surface area contributed by atoms with Gasteiger partial charge in [0.15, 0.2) is 5.96 Å². The van der Waals surface area contributed by atoms with E-state index < -0.39 is 0 Å². The number of piperidine rings is 1. The van der Waals surface area contributed by atoms with Gasteiger partial charge in [-0.2, -0.15) is 0 Å². The van der Waals surface area contributed by atoms with Crippen molar-refractivity contribution in [3.63, 3.8) is 0 Å². The van der Waals surface area contributed by atoms with Crippen molar-refractivity contribution >= 4 is 29.9 Å². The van der Waals surface area contributed by atoms with E-state index in [-0.39, 0.29) is 34.9 Å². The van der Waals surface area contributed by atoms with Crippen LogP contribution >= 0.6 is 24.0 Å². The van der Waals surface area contributed by atoms with E-state index in [2.05, 4.69) is 58.6 Å². The normalized spacial score (nSPS) is 19.9. The molecule has 6 nitrogen and oxygen atoms in total. The maximum Gasteiger partial charge on any atom is 0.191 e. The first-order valence-electron chi connectivity index (χ1n) is 11.4. The van der Waals surface area contributed by atoms with Gasteiger partial charge < -0.3 is 20.1 Å². The molecule has 7 heteroatoms. The summed E-state index contributed by atoms with van der Waals surface area (Å²) in [5.41, 5.74) is 1.50. The maximum atomic E-state index is 5.68. The number of halogens is 1. The molecule has 0 bridgehead atoms. The highest BCUT2D eigenvalue weighted by atomic mass is 127. The first kappa shape index (κ1) is 26.2. The Kier molecular flexibility index (Phi) is 10.4. The number of rotatable bonds is 7. The topological polar surface area (TPSA) is 58.1 Å². The number of guanidine groups is 1. The molecule has 31 heavy (non-hydrogen) atoms. The molecule has 1 aromatic carbocycles. The number of hydrogen-bond donors (Lipinski definition) is 2. The van der Waals surface area contributed by atoms with Crippen LogP contribution in [0.1, 0.15) is 51.5 Å². The van der Waals surface area contributed by atoms with Gasteiger partial charge in [-0.3, -0.25) is 9.89 Å². The molecular weight excluding hydrogens is 503 g/mol. The van der Waals surface area contributed by atoms with E-state index in [1.54, 1.807) is 7.11 Å². The van der Waals surface area contributed by atoms with Gasteiger partial charge >= 0.3 is 0 Å². The van der Waals surface area contributed by atoms with Gasteiger partial charge in [-0.15, -0.1) is 24.0 Å². The van der Waals surface area contributed by atoms with Crippen LogP contribution in [0.15, 0.2) is 29.3 Å². The zero-order valence-corrected chi connectivity index (χ0v) is 22.0. The second-order valence-corrected chi connectivity index (χ2v) is 9.26. The summed E-state index contributed by atoms with van der Waals surface area (Å²) in [6, 6.07) is 8.50.